The second-order valence-corrected chi connectivity index (χ2v) is 6.85. The van der Waals surface area contributed by atoms with E-state index in [4.69, 9.17) is 338 Å². The van der Waals surface area contributed by atoms with Crippen LogP contribution in [0.4, 0.5) is 334 Å². The normalized spacial score (nSPS) is 7.52. The molecule has 0 spiro atoms. The van der Waals surface area contributed by atoms with E-state index in [1.54, 1.807) is 31.4 Å². The molecule has 0 amide bonds. The van der Waals surface area contributed by atoms with Crippen LogP contribution in [0.1, 0.15) is 12.0 Å². The minimum atomic E-state index is -3.68. The highest BCUT2D eigenvalue weighted by atomic mass is 32.2. The summed E-state index contributed by atoms with van der Waals surface area (Å²) in [5.74, 6) is 0. The minimum absolute atomic E-state index is 0. The number of ether oxygens (including phenoxy) is 1. The van der Waals surface area contributed by atoms with E-state index in [-0.39, 0.29) is 28.4 Å². The molecule has 0 unspecified atom stereocenters. The second kappa shape index (κ2) is 1080. The van der Waals surface area contributed by atoms with Crippen LogP contribution in [0.25, 0.3) is 0 Å². The van der Waals surface area contributed by atoms with Crippen molar-refractivity contribution in [3.63, 3.8) is 0 Å². The van der Waals surface area contributed by atoms with Gasteiger partial charge in [-0.25, -0.2) is 0 Å². The van der Waals surface area contributed by atoms with Gasteiger partial charge >= 0.3 is 0 Å². The van der Waals surface area contributed by atoms with E-state index in [0.29, 0.717) is 0 Å². The van der Waals surface area contributed by atoms with Crippen molar-refractivity contribution in [1.29, 1.82) is 0 Å². The van der Waals surface area contributed by atoms with Crippen LogP contribution in [-0.4, -0.2) is 52.8 Å². The van der Waals surface area contributed by atoms with Gasteiger partial charge in [0.1, 0.15) is 0 Å². The Morgan fingerprint density at radius 3 is 0.570 bits per heavy atom. The molecule has 2 rings (SSSR count). The average Bonchev–Trinajstić information content (AvgIpc) is 4.14. The van der Waals surface area contributed by atoms with Gasteiger partial charge in [0.25, 0.3) is 10.1 Å². The van der Waals surface area contributed by atoms with Crippen LogP contribution in [0.5, 0.6) is 0 Å². The van der Waals surface area contributed by atoms with Crippen molar-refractivity contribution in [2.24, 2.45) is 0 Å². The molecule has 1 saturated heterocycles. The van der Waals surface area contributed by atoms with Gasteiger partial charge in [0.05, 0.1) is 17.6 Å². The molecular formula is C14H22F73NO4S. The first-order chi connectivity index (χ1) is 45.4. The molecule has 1 aliphatic rings. The Labute approximate surface area is 456 Å². The quantitative estimate of drug-likeness (QED) is 0.217. The van der Waals surface area contributed by atoms with Crippen molar-refractivity contribution in [2.45, 2.75) is 30.4 Å². The van der Waals surface area contributed by atoms with Crippen molar-refractivity contribution in [2.75, 3.05) is 27.3 Å². The number of likely N-dealkylation sites (tertiary alicyclic amines) is 1. The van der Waals surface area contributed by atoms with E-state index in [9.17, 15) is 8.42 Å². The average molecular weight is 1690 g/mol. The zero-order chi connectivity index (χ0) is 86.8. The Morgan fingerprint density at radius 1 is 0.312 bits per heavy atom. The summed E-state index contributed by atoms with van der Waals surface area (Å²) in [5, 5.41) is 0. The van der Waals surface area contributed by atoms with Gasteiger partial charge in [0, 0.05) is 349 Å². The molecule has 0 aliphatic carbocycles. The van der Waals surface area contributed by atoms with Gasteiger partial charge in [-0.2, -0.15) is 8.42 Å². The first kappa shape index (κ1) is 247. The Hall–Kier alpha value is -6.06. The summed E-state index contributed by atoms with van der Waals surface area (Å²) in [4.78, 5) is 2.27. The van der Waals surface area contributed by atoms with E-state index in [1.807, 2.05) is 14.0 Å². The summed E-state index contributed by atoms with van der Waals surface area (Å²) < 4.78 is 611. The highest BCUT2D eigenvalue weighted by Gasteiger charge is 2.31. The maximum absolute atomic E-state index is 12.1. The molecule has 79 heteroatoms. The molecule has 0 radical (unpaired) electrons. The molecule has 1 fully saturated rings. The first-order valence-corrected chi connectivity index (χ1v) is 13.2. The van der Waals surface area contributed by atoms with E-state index < -0.39 is 10.1 Å². The fraction of sp³-hybridized carbons (Fsp3) is 0.571. The summed E-state index contributed by atoms with van der Waals surface area (Å²) in [5.41, 5.74) is 1.02. The molecule has 1 aromatic carbocycles. The van der Waals surface area contributed by atoms with Crippen LogP contribution in [0, 0.1) is 6.92 Å². The lowest BCUT2D eigenvalue weighted by Crippen LogP contribution is -2.30. The lowest BCUT2D eigenvalue weighted by Gasteiger charge is -2.18. The van der Waals surface area contributed by atoms with E-state index in [0.717, 1.165) is 18.5 Å². The standard InChI is InChI=1S/C14H21NO4S.36F2.FH/c1-11-4-6-14(7-5-11)20(16,17)19-10-12-8-13(18-3)9-15(12)2;36*1-2;/h4-7,12-13H,8-10H2,1-3H3;;;;;;;;;;;;;;;;;;;;;;;;;;;;;;;;;;;;;1H/t12-,13-;;;;;;;;;;;;;;;;;;;;;;;;;;;;;;;;;;;;;/m0...................................../s1. The van der Waals surface area contributed by atoms with Crippen LogP contribution in [0.15, 0.2) is 29.2 Å². The van der Waals surface area contributed by atoms with Crippen molar-refractivity contribution in [3.8, 4) is 0 Å². The second-order valence-electron chi connectivity index (χ2n) is 5.24. The molecule has 5 nitrogen and oxygen atoms in total. The van der Waals surface area contributed by atoms with Crippen LogP contribution in [-0.2, 0) is 19.0 Å². The number of hydrogen-bond acceptors (Lipinski definition) is 5. The van der Waals surface area contributed by atoms with Gasteiger partial charge in [-0.1, -0.05) is 17.7 Å². The van der Waals surface area contributed by atoms with Gasteiger partial charge in [-0.15, -0.1) is 0 Å². The predicted molar refractivity (Wildman–Crippen MR) is 158 cm³/mol. The van der Waals surface area contributed by atoms with Crippen molar-refractivity contribution in [3.05, 3.63) is 29.8 Å². The summed E-state index contributed by atoms with van der Waals surface area (Å²) in [6.45, 7) is 2.87. The predicted octanol–water partition coefficient (Wildman–Crippen LogP) is 31.8. The molecule has 0 saturated carbocycles. The highest BCUT2D eigenvalue weighted by molar-refractivity contribution is 7.86. The molecule has 1 aromatic rings. The molecule has 1 aliphatic heterocycles. The topological polar surface area (TPSA) is 55.8 Å². The van der Waals surface area contributed by atoms with Gasteiger partial charge in [0.2, 0.25) is 0 Å². The summed E-state index contributed by atoms with van der Waals surface area (Å²) >= 11 is 0. The third-order valence-electron chi connectivity index (χ3n) is 3.71. The van der Waals surface area contributed by atoms with Crippen molar-refractivity contribution >= 4 is 10.1 Å². The summed E-state index contributed by atoms with van der Waals surface area (Å²) in [7, 11) is -0.0583. The molecule has 0 N–H and O–H groups in total. The summed E-state index contributed by atoms with van der Waals surface area (Å²) in [6.07, 6.45) is 0.937. The number of halogens is 73. The lowest BCUT2D eigenvalue weighted by molar-refractivity contribution is 0.108. The van der Waals surface area contributed by atoms with Gasteiger partial charge < -0.3 is 4.74 Å². The van der Waals surface area contributed by atoms with E-state index in [2.05, 4.69) is 4.90 Å². The molecule has 0 bridgehead atoms. The minimum Gasteiger partial charge on any atom is -0.380 e. The maximum atomic E-state index is 12.1. The van der Waals surface area contributed by atoms with Crippen molar-refractivity contribution < 1.29 is 351 Å². The van der Waals surface area contributed by atoms with Crippen LogP contribution in [0.2, 0.25) is 0 Å². The Balaban J connectivity index is -0.0000000115. The van der Waals surface area contributed by atoms with Crippen LogP contribution < -0.4 is 0 Å². The van der Waals surface area contributed by atoms with Gasteiger partial charge in [0.15, 0.2) is 0 Å². The van der Waals surface area contributed by atoms with Gasteiger partial charge in [-0.3, -0.25) is 13.8 Å². The zero-order valence-electron chi connectivity index (χ0n) is 39.7. The largest absolute Gasteiger partial charge is 0.380 e. The molecule has 624 valence electrons. The smallest absolute Gasteiger partial charge is 0.297 e. The van der Waals surface area contributed by atoms with E-state index in [1.165, 1.54) is 0 Å². The molecule has 1 heterocycles. The first-order valence-electron chi connectivity index (χ1n) is 11.8. The Bertz CT molecular complexity index is 611. The number of methoxy groups -OCH3 is 1. The molecule has 2 atom stereocenters. The highest BCUT2D eigenvalue weighted by Crippen LogP contribution is 2.20. The molecule has 0 aromatic heterocycles. The maximum Gasteiger partial charge on any atom is 0.297 e. The number of aryl methyl sites for hydroxylation is 1. The number of rotatable bonds is 5. The number of benzene rings is 1. The van der Waals surface area contributed by atoms with Crippen LogP contribution in [0.3, 0.4) is 0 Å². The van der Waals surface area contributed by atoms with Gasteiger partial charge in [-0.05, 0) is 32.5 Å². The fourth-order valence-corrected chi connectivity index (χ4v) is 3.28. The third-order valence-corrected chi connectivity index (χ3v) is 5.00. The summed E-state index contributed by atoms with van der Waals surface area (Å²) in [6, 6.07) is 6.74. The monoisotopic (exact) mass is 1690 g/mol. The Kier molecular flexibility index (Phi) is 2880. The third kappa shape index (κ3) is 676. The molecule has 93 heavy (non-hydrogen) atoms. The Morgan fingerprint density at radius 2 is 0.452 bits per heavy atom. The number of likely N-dealkylation sites (N-methyl/N-ethyl adjacent to an activating group) is 1. The fourth-order valence-electron chi connectivity index (χ4n) is 2.34. The van der Waals surface area contributed by atoms with Crippen LogP contribution >= 0.6 is 0 Å². The zero-order valence-corrected chi connectivity index (χ0v) is 40.5. The van der Waals surface area contributed by atoms with Crippen molar-refractivity contribution in [1.82, 2.24) is 4.90 Å². The number of nitrogens with zero attached hydrogens (tertiary/aromatic N) is 1. The number of hydrogen-bond donors (Lipinski definition) is 0. The lowest BCUT2D eigenvalue weighted by atomic mass is 10.2. The SMILES string of the molecule is CO[C@H]1C[C@@H](COS(=O)(=O)c2ccc(C)cc2)N(C)C1.F.FF.FF.FF.FF.FF.FF.FF.FF.FF.FF.FF.FF.FF.FF.FF.FF.FF.FF.FF.FF.FF.FF.FF.FF.FF.FF.FF.FF.FF.FF.FF.FF.FF.FF.FF.FF. The molecular weight excluding hydrogens is 1670 g/mol. The van der Waals surface area contributed by atoms with E-state index >= 15 is 0 Å².